The summed E-state index contributed by atoms with van der Waals surface area (Å²) in [5.41, 5.74) is -0.242. The summed E-state index contributed by atoms with van der Waals surface area (Å²) in [6, 6.07) is -0.118. The van der Waals surface area contributed by atoms with E-state index in [1.165, 1.54) is 6.42 Å². The molecular weight excluding hydrogens is 232 g/mol. The van der Waals surface area contributed by atoms with Gasteiger partial charge in [-0.05, 0) is 25.2 Å². The molecule has 2 amide bonds. The number of carbonyl (C=O) groups is 2. The van der Waals surface area contributed by atoms with Crippen molar-refractivity contribution in [3.8, 4) is 0 Å². The van der Waals surface area contributed by atoms with Gasteiger partial charge in [0, 0.05) is 20.1 Å². The van der Waals surface area contributed by atoms with Gasteiger partial charge in [0.15, 0.2) is 0 Å². The van der Waals surface area contributed by atoms with E-state index in [2.05, 4.69) is 5.32 Å². The Morgan fingerprint density at radius 1 is 1.28 bits per heavy atom. The van der Waals surface area contributed by atoms with Crippen molar-refractivity contribution in [2.45, 2.75) is 45.4 Å². The summed E-state index contributed by atoms with van der Waals surface area (Å²) in [4.78, 5) is 24.3. The van der Waals surface area contributed by atoms with Crippen molar-refractivity contribution >= 4 is 12.0 Å². The van der Waals surface area contributed by atoms with Gasteiger partial charge < -0.3 is 15.3 Å². The molecule has 2 N–H and O–H groups in total. The fourth-order valence-electron chi connectivity index (χ4n) is 2.58. The van der Waals surface area contributed by atoms with Gasteiger partial charge in [-0.3, -0.25) is 4.79 Å². The summed E-state index contributed by atoms with van der Waals surface area (Å²) < 4.78 is 0. The van der Waals surface area contributed by atoms with Gasteiger partial charge in [0.2, 0.25) is 0 Å². The smallest absolute Gasteiger partial charge is 0.317 e. The van der Waals surface area contributed by atoms with E-state index in [0.717, 1.165) is 25.7 Å². The average molecular weight is 256 g/mol. The monoisotopic (exact) mass is 256 g/mol. The maximum absolute atomic E-state index is 11.7. The Morgan fingerprint density at radius 3 is 2.39 bits per heavy atom. The van der Waals surface area contributed by atoms with E-state index >= 15 is 0 Å². The number of carboxylic acids is 1. The average Bonchev–Trinajstić information content (AvgIpc) is 2.35. The zero-order chi connectivity index (χ0) is 13.6. The molecule has 0 unspecified atom stereocenters. The summed E-state index contributed by atoms with van der Waals surface area (Å²) in [5, 5.41) is 11.9. The molecule has 1 rings (SSSR count). The number of nitrogens with one attached hydrogen (secondary N) is 1. The molecule has 0 spiro atoms. The number of carboxylic acid groups (broad SMARTS) is 1. The van der Waals surface area contributed by atoms with Gasteiger partial charge in [0.1, 0.15) is 0 Å². The van der Waals surface area contributed by atoms with Crippen LogP contribution in [-0.2, 0) is 4.79 Å². The number of nitrogens with zero attached hydrogens (tertiary/aromatic N) is 1. The third-order valence-corrected chi connectivity index (χ3v) is 3.88. The van der Waals surface area contributed by atoms with Crippen molar-refractivity contribution in [1.29, 1.82) is 0 Å². The van der Waals surface area contributed by atoms with Crippen molar-refractivity contribution in [2.24, 2.45) is 5.41 Å². The number of hydrogen-bond donors (Lipinski definition) is 2. The van der Waals surface area contributed by atoms with Crippen LogP contribution < -0.4 is 5.32 Å². The third kappa shape index (κ3) is 4.20. The van der Waals surface area contributed by atoms with E-state index in [0.29, 0.717) is 13.1 Å². The fraction of sp³-hybridized carbons (Fsp3) is 0.846. The first-order valence-corrected chi connectivity index (χ1v) is 6.70. The highest BCUT2D eigenvalue weighted by molar-refractivity contribution is 5.74. The van der Waals surface area contributed by atoms with Crippen LogP contribution in [0.3, 0.4) is 0 Å². The summed E-state index contributed by atoms with van der Waals surface area (Å²) in [5.74, 6) is -0.769. The lowest BCUT2D eigenvalue weighted by Gasteiger charge is -2.36. The summed E-state index contributed by atoms with van der Waals surface area (Å²) in [6.45, 7) is 3.04. The molecule has 5 nitrogen and oxygen atoms in total. The van der Waals surface area contributed by atoms with E-state index in [-0.39, 0.29) is 17.9 Å². The van der Waals surface area contributed by atoms with Crippen LogP contribution in [0.5, 0.6) is 0 Å². The SMILES string of the molecule is CCN(C)C(=O)NCC1(CC(=O)O)CCCCC1. The molecule has 0 saturated heterocycles. The normalized spacial score (nSPS) is 18.1. The number of carbonyl (C=O) groups excluding carboxylic acids is 1. The van der Waals surface area contributed by atoms with E-state index in [4.69, 9.17) is 5.11 Å². The lowest BCUT2D eigenvalue weighted by Crippen LogP contribution is -2.44. The predicted octanol–water partition coefficient (Wildman–Crippen LogP) is 2.07. The van der Waals surface area contributed by atoms with Crippen molar-refractivity contribution in [1.82, 2.24) is 10.2 Å². The first-order chi connectivity index (χ1) is 8.49. The Balaban J connectivity index is 2.56. The van der Waals surface area contributed by atoms with Gasteiger partial charge in [-0.25, -0.2) is 4.79 Å². The Kier molecular flexibility index (Phi) is 5.44. The van der Waals surface area contributed by atoms with Crippen LogP contribution in [0.15, 0.2) is 0 Å². The van der Waals surface area contributed by atoms with Crippen molar-refractivity contribution in [3.05, 3.63) is 0 Å². The second kappa shape index (κ2) is 6.61. The molecule has 0 heterocycles. The van der Waals surface area contributed by atoms with Gasteiger partial charge in [0.25, 0.3) is 0 Å². The van der Waals surface area contributed by atoms with Crippen molar-refractivity contribution in [2.75, 3.05) is 20.1 Å². The number of urea groups is 1. The highest BCUT2D eigenvalue weighted by Gasteiger charge is 2.34. The molecule has 0 aromatic carbocycles. The maximum Gasteiger partial charge on any atom is 0.317 e. The maximum atomic E-state index is 11.7. The Morgan fingerprint density at radius 2 is 1.89 bits per heavy atom. The van der Waals surface area contributed by atoms with E-state index in [1.807, 2.05) is 6.92 Å². The van der Waals surface area contributed by atoms with E-state index < -0.39 is 5.97 Å². The molecule has 1 fully saturated rings. The molecule has 1 aliphatic rings. The molecular formula is C13H24N2O3. The lowest BCUT2D eigenvalue weighted by molar-refractivity contribution is -0.140. The summed E-state index contributed by atoms with van der Waals surface area (Å²) >= 11 is 0. The first kappa shape index (κ1) is 14.8. The van der Waals surface area contributed by atoms with Gasteiger partial charge >= 0.3 is 12.0 Å². The van der Waals surface area contributed by atoms with Crippen LogP contribution in [-0.4, -0.2) is 42.1 Å². The number of rotatable bonds is 5. The quantitative estimate of drug-likeness (QED) is 0.791. The first-order valence-electron chi connectivity index (χ1n) is 6.70. The number of aliphatic carboxylic acids is 1. The molecule has 1 saturated carbocycles. The Bertz CT molecular complexity index is 299. The molecule has 0 bridgehead atoms. The topological polar surface area (TPSA) is 69.6 Å². The molecule has 0 atom stereocenters. The molecule has 18 heavy (non-hydrogen) atoms. The van der Waals surface area contributed by atoms with Crippen molar-refractivity contribution in [3.63, 3.8) is 0 Å². The van der Waals surface area contributed by atoms with Crippen LogP contribution in [0.25, 0.3) is 0 Å². The van der Waals surface area contributed by atoms with Crippen LogP contribution in [0.2, 0.25) is 0 Å². The summed E-state index contributed by atoms with van der Waals surface area (Å²) in [7, 11) is 1.74. The Labute approximate surface area is 109 Å². The fourth-order valence-corrected chi connectivity index (χ4v) is 2.58. The van der Waals surface area contributed by atoms with Gasteiger partial charge in [0.05, 0.1) is 6.42 Å². The predicted molar refractivity (Wildman–Crippen MR) is 69.5 cm³/mol. The largest absolute Gasteiger partial charge is 0.481 e. The van der Waals surface area contributed by atoms with Gasteiger partial charge in [-0.2, -0.15) is 0 Å². The van der Waals surface area contributed by atoms with Crippen LogP contribution in [0, 0.1) is 5.41 Å². The van der Waals surface area contributed by atoms with Crippen LogP contribution in [0.1, 0.15) is 45.4 Å². The molecule has 5 heteroatoms. The Hall–Kier alpha value is -1.26. The number of hydrogen-bond acceptors (Lipinski definition) is 2. The van der Waals surface area contributed by atoms with Crippen LogP contribution >= 0.6 is 0 Å². The molecule has 104 valence electrons. The molecule has 0 radical (unpaired) electrons. The minimum Gasteiger partial charge on any atom is -0.481 e. The zero-order valence-electron chi connectivity index (χ0n) is 11.4. The molecule has 0 aromatic rings. The zero-order valence-corrected chi connectivity index (χ0v) is 11.4. The van der Waals surface area contributed by atoms with Crippen molar-refractivity contribution < 1.29 is 14.7 Å². The second-order valence-corrected chi connectivity index (χ2v) is 5.30. The highest BCUT2D eigenvalue weighted by Crippen LogP contribution is 2.38. The minimum absolute atomic E-state index is 0.118. The number of amides is 2. The molecule has 0 aromatic heterocycles. The highest BCUT2D eigenvalue weighted by atomic mass is 16.4. The third-order valence-electron chi connectivity index (χ3n) is 3.88. The van der Waals surface area contributed by atoms with Gasteiger partial charge in [-0.15, -0.1) is 0 Å². The van der Waals surface area contributed by atoms with Gasteiger partial charge in [-0.1, -0.05) is 19.3 Å². The standard InChI is InChI=1S/C13H24N2O3/c1-3-15(2)12(18)14-10-13(9-11(16)17)7-5-4-6-8-13/h3-10H2,1-2H3,(H,14,18)(H,16,17). The molecule has 1 aliphatic carbocycles. The molecule has 0 aliphatic heterocycles. The minimum atomic E-state index is -0.769. The second-order valence-electron chi connectivity index (χ2n) is 5.30. The van der Waals surface area contributed by atoms with E-state index in [9.17, 15) is 9.59 Å². The van der Waals surface area contributed by atoms with Crippen LogP contribution in [0.4, 0.5) is 4.79 Å². The summed E-state index contributed by atoms with van der Waals surface area (Å²) in [6.07, 6.45) is 5.25. The lowest BCUT2D eigenvalue weighted by atomic mass is 9.72. The van der Waals surface area contributed by atoms with E-state index in [1.54, 1.807) is 11.9 Å².